The topological polar surface area (TPSA) is 105 Å². The van der Waals surface area contributed by atoms with Gasteiger partial charge in [-0.3, -0.25) is 4.79 Å². The molecular weight excluding hydrogens is 236 g/mol. The number of nitrogens with one attached hydrogen (secondary N) is 2. The van der Waals surface area contributed by atoms with Crippen LogP contribution in [-0.2, 0) is 19.7 Å². The Labute approximate surface area is 95.4 Å². The zero-order chi connectivity index (χ0) is 12.4. The molecule has 0 aliphatic heterocycles. The van der Waals surface area contributed by atoms with Crippen LogP contribution in [0.25, 0.3) is 0 Å². The Kier molecular flexibility index (Phi) is 8.08. The minimum Gasteiger partial charge on any atom is -0.481 e. The van der Waals surface area contributed by atoms with Crippen molar-refractivity contribution in [3.8, 4) is 0 Å². The first kappa shape index (κ1) is 15.3. The highest BCUT2D eigenvalue weighted by atomic mass is 32.2. The molecule has 0 spiro atoms. The summed E-state index contributed by atoms with van der Waals surface area (Å²) in [7, 11) is -2.00. The molecule has 16 heavy (non-hydrogen) atoms. The number of carboxylic acid groups (broad SMARTS) is 1. The molecule has 0 saturated carbocycles. The Morgan fingerprint density at radius 3 is 2.44 bits per heavy atom. The lowest BCUT2D eigenvalue weighted by Gasteiger charge is -2.07. The van der Waals surface area contributed by atoms with Gasteiger partial charge in [0.1, 0.15) is 0 Å². The Hall–Kier alpha value is -0.700. The fraction of sp³-hybridized carbons (Fsp3) is 0.875. The van der Waals surface area contributed by atoms with Crippen LogP contribution >= 0.6 is 0 Å². The molecule has 0 bridgehead atoms. The van der Waals surface area contributed by atoms with Gasteiger partial charge in [-0.25, -0.2) is 4.72 Å². The number of hydrogen-bond donors (Lipinski definition) is 3. The van der Waals surface area contributed by atoms with Crippen molar-refractivity contribution in [2.45, 2.75) is 19.3 Å². The maximum absolute atomic E-state index is 11.2. The molecule has 0 saturated heterocycles. The van der Waals surface area contributed by atoms with Gasteiger partial charge in [0.25, 0.3) is 10.2 Å². The second-order valence-electron chi connectivity index (χ2n) is 3.14. The summed E-state index contributed by atoms with van der Waals surface area (Å²) in [6.45, 7) is 0.747. The summed E-state index contributed by atoms with van der Waals surface area (Å²) in [5.74, 6) is -0.874. The van der Waals surface area contributed by atoms with Gasteiger partial charge in [-0.15, -0.1) is 0 Å². The average molecular weight is 254 g/mol. The van der Waals surface area contributed by atoms with E-state index in [2.05, 4.69) is 14.2 Å². The minimum absolute atomic E-state index is 0.0544. The van der Waals surface area contributed by atoms with E-state index in [1.807, 2.05) is 0 Å². The van der Waals surface area contributed by atoms with E-state index in [4.69, 9.17) is 5.11 Å². The molecule has 0 radical (unpaired) electrons. The lowest BCUT2D eigenvalue weighted by atomic mass is 10.2. The van der Waals surface area contributed by atoms with Crippen molar-refractivity contribution in [3.63, 3.8) is 0 Å². The van der Waals surface area contributed by atoms with Crippen LogP contribution in [0.4, 0.5) is 0 Å². The fourth-order valence-electron chi connectivity index (χ4n) is 0.937. The van der Waals surface area contributed by atoms with Gasteiger partial charge in [0.2, 0.25) is 0 Å². The molecule has 0 aromatic carbocycles. The Balaban J connectivity index is 3.54. The summed E-state index contributed by atoms with van der Waals surface area (Å²) < 4.78 is 31.7. The highest BCUT2D eigenvalue weighted by molar-refractivity contribution is 7.87. The zero-order valence-electron chi connectivity index (χ0n) is 9.23. The summed E-state index contributed by atoms with van der Waals surface area (Å²) in [5, 5.41) is 8.35. The van der Waals surface area contributed by atoms with E-state index in [1.165, 1.54) is 7.11 Å². The minimum atomic E-state index is -3.48. The van der Waals surface area contributed by atoms with Crippen LogP contribution in [0.2, 0.25) is 0 Å². The molecule has 0 atom stereocenters. The van der Waals surface area contributed by atoms with Crippen LogP contribution in [0.3, 0.4) is 0 Å². The van der Waals surface area contributed by atoms with Crippen molar-refractivity contribution in [2.75, 3.05) is 26.8 Å². The van der Waals surface area contributed by atoms with E-state index in [0.29, 0.717) is 19.4 Å². The number of carboxylic acids is 1. The van der Waals surface area contributed by atoms with Gasteiger partial charge in [0.15, 0.2) is 0 Å². The molecule has 96 valence electrons. The Morgan fingerprint density at radius 2 is 1.88 bits per heavy atom. The first-order valence-electron chi connectivity index (χ1n) is 4.93. The van der Waals surface area contributed by atoms with Crippen molar-refractivity contribution in [2.24, 2.45) is 0 Å². The molecule has 0 fully saturated rings. The third kappa shape index (κ3) is 9.84. The molecule has 0 amide bonds. The normalized spacial score (nSPS) is 11.6. The summed E-state index contributed by atoms with van der Waals surface area (Å²) >= 11 is 0. The van der Waals surface area contributed by atoms with Crippen molar-refractivity contribution < 1.29 is 23.1 Å². The van der Waals surface area contributed by atoms with Gasteiger partial charge >= 0.3 is 5.97 Å². The van der Waals surface area contributed by atoms with Crippen LogP contribution in [0.1, 0.15) is 19.3 Å². The second kappa shape index (κ2) is 8.45. The van der Waals surface area contributed by atoms with Crippen LogP contribution in [0.5, 0.6) is 0 Å². The average Bonchev–Trinajstić information content (AvgIpc) is 2.16. The quantitative estimate of drug-likeness (QED) is 0.448. The molecular formula is C8H18N2O5S. The Bertz CT molecular complexity index is 291. The first-order valence-corrected chi connectivity index (χ1v) is 6.41. The van der Waals surface area contributed by atoms with Crippen molar-refractivity contribution in [1.29, 1.82) is 0 Å². The van der Waals surface area contributed by atoms with Crippen LogP contribution in [-0.4, -0.2) is 46.3 Å². The standard InChI is InChI=1S/C8H18N2O5S/c1-15-7-6-10-16(13,14)9-5-3-2-4-8(11)12/h9-10H,2-7H2,1H3,(H,11,12). The predicted octanol–water partition coefficient (Wildman–Crippen LogP) is -0.688. The molecule has 0 unspecified atom stereocenters. The van der Waals surface area contributed by atoms with Gasteiger partial charge in [0.05, 0.1) is 6.61 Å². The maximum Gasteiger partial charge on any atom is 0.303 e. The summed E-state index contributed by atoms with van der Waals surface area (Å²) in [6, 6.07) is 0. The van der Waals surface area contributed by atoms with Crippen LogP contribution in [0.15, 0.2) is 0 Å². The number of carbonyl (C=O) groups is 1. The number of methoxy groups -OCH3 is 1. The van der Waals surface area contributed by atoms with Crippen molar-refractivity contribution in [3.05, 3.63) is 0 Å². The van der Waals surface area contributed by atoms with Crippen molar-refractivity contribution >= 4 is 16.2 Å². The van der Waals surface area contributed by atoms with Crippen LogP contribution < -0.4 is 9.44 Å². The van der Waals surface area contributed by atoms with Crippen LogP contribution in [0, 0.1) is 0 Å². The molecule has 8 heteroatoms. The van der Waals surface area contributed by atoms with Gasteiger partial charge in [-0.1, -0.05) is 0 Å². The highest BCUT2D eigenvalue weighted by Crippen LogP contribution is 1.93. The van der Waals surface area contributed by atoms with E-state index < -0.39 is 16.2 Å². The van der Waals surface area contributed by atoms with E-state index in [1.54, 1.807) is 0 Å². The molecule has 7 nitrogen and oxygen atoms in total. The smallest absolute Gasteiger partial charge is 0.303 e. The summed E-state index contributed by atoms with van der Waals surface area (Å²) in [6.07, 6.45) is 1.01. The summed E-state index contributed by atoms with van der Waals surface area (Å²) in [5.41, 5.74) is 0. The third-order valence-corrected chi connectivity index (χ3v) is 2.88. The summed E-state index contributed by atoms with van der Waals surface area (Å²) in [4.78, 5) is 10.2. The lowest BCUT2D eigenvalue weighted by molar-refractivity contribution is -0.137. The number of rotatable bonds is 10. The lowest BCUT2D eigenvalue weighted by Crippen LogP contribution is -2.38. The number of ether oxygens (including phenoxy) is 1. The number of hydrogen-bond acceptors (Lipinski definition) is 4. The van der Waals surface area contributed by atoms with E-state index in [9.17, 15) is 13.2 Å². The largest absolute Gasteiger partial charge is 0.481 e. The molecule has 0 aromatic heterocycles. The zero-order valence-corrected chi connectivity index (χ0v) is 10.0. The SMILES string of the molecule is COCCNS(=O)(=O)NCCCCC(=O)O. The van der Waals surface area contributed by atoms with Gasteiger partial charge in [-0.05, 0) is 12.8 Å². The monoisotopic (exact) mass is 254 g/mol. The van der Waals surface area contributed by atoms with E-state index >= 15 is 0 Å². The molecule has 0 rings (SSSR count). The first-order chi connectivity index (χ1) is 7.48. The predicted molar refractivity (Wildman–Crippen MR) is 58.3 cm³/mol. The maximum atomic E-state index is 11.2. The number of unbranched alkanes of at least 4 members (excludes halogenated alkanes) is 1. The molecule has 0 aromatic rings. The van der Waals surface area contributed by atoms with Gasteiger partial charge in [-0.2, -0.15) is 13.1 Å². The second-order valence-corrected chi connectivity index (χ2v) is 4.72. The number of aliphatic carboxylic acids is 1. The van der Waals surface area contributed by atoms with Gasteiger partial charge < -0.3 is 9.84 Å². The van der Waals surface area contributed by atoms with Crippen molar-refractivity contribution in [1.82, 2.24) is 9.44 Å². The molecule has 0 heterocycles. The van der Waals surface area contributed by atoms with Gasteiger partial charge in [0, 0.05) is 26.6 Å². The highest BCUT2D eigenvalue weighted by Gasteiger charge is 2.07. The molecule has 0 aliphatic carbocycles. The van der Waals surface area contributed by atoms with E-state index in [-0.39, 0.29) is 19.5 Å². The Morgan fingerprint density at radius 1 is 1.25 bits per heavy atom. The molecule has 3 N–H and O–H groups in total. The third-order valence-electron chi connectivity index (χ3n) is 1.71. The molecule has 0 aliphatic rings. The fourth-order valence-corrected chi connectivity index (χ4v) is 1.80. The van der Waals surface area contributed by atoms with E-state index in [0.717, 1.165) is 0 Å².